The molecule has 3 heterocycles. The van der Waals surface area contributed by atoms with E-state index in [1.54, 1.807) is 4.90 Å². The number of alkyl halides is 3. The zero-order chi connectivity index (χ0) is 25.0. The standard InChI is InChI=1S/C19H30N4O3.C2HF3O2/c1-14(2)20-18(25)23-8-7-22(10-16-6-5-15(3)26-16)12-19(13-23)9-17(24)21(4)11-19;3-2(4,5)1(6)7/h5-6,14H,7-13H2,1-4H3,(H,20,25);(H,6,7). The van der Waals surface area contributed by atoms with E-state index in [9.17, 15) is 22.8 Å². The number of carboxylic acid groups (broad SMARTS) is 1. The van der Waals surface area contributed by atoms with E-state index in [1.165, 1.54) is 0 Å². The maximum Gasteiger partial charge on any atom is 0.490 e. The van der Waals surface area contributed by atoms with E-state index >= 15 is 0 Å². The molecule has 3 rings (SSSR count). The number of halogens is 3. The Kier molecular flexibility index (Phi) is 8.39. The molecule has 2 N–H and O–H groups in total. The van der Waals surface area contributed by atoms with Crippen LogP contribution in [0.3, 0.4) is 0 Å². The number of urea groups is 1. The fourth-order valence-electron chi connectivity index (χ4n) is 4.10. The zero-order valence-electron chi connectivity index (χ0n) is 19.2. The van der Waals surface area contributed by atoms with Gasteiger partial charge in [0.2, 0.25) is 5.91 Å². The summed E-state index contributed by atoms with van der Waals surface area (Å²) < 4.78 is 37.5. The molecule has 1 aromatic rings. The van der Waals surface area contributed by atoms with Crippen LogP contribution in [0.25, 0.3) is 0 Å². The molecule has 1 aromatic heterocycles. The van der Waals surface area contributed by atoms with Gasteiger partial charge >= 0.3 is 18.2 Å². The molecule has 2 aliphatic rings. The van der Waals surface area contributed by atoms with E-state index in [-0.39, 0.29) is 23.4 Å². The smallest absolute Gasteiger partial charge is 0.475 e. The van der Waals surface area contributed by atoms with E-state index < -0.39 is 12.1 Å². The number of aryl methyl sites for hydroxylation is 1. The van der Waals surface area contributed by atoms with Gasteiger partial charge in [-0.1, -0.05) is 0 Å². The first kappa shape index (κ1) is 26.5. The van der Waals surface area contributed by atoms with Gasteiger partial charge in [0.1, 0.15) is 11.5 Å². The van der Waals surface area contributed by atoms with Crippen LogP contribution < -0.4 is 5.32 Å². The summed E-state index contributed by atoms with van der Waals surface area (Å²) in [5.41, 5.74) is -0.224. The number of carbonyl (C=O) groups excluding carboxylic acids is 2. The molecule has 9 nitrogen and oxygen atoms in total. The minimum absolute atomic E-state index is 0.0444. The Balaban J connectivity index is 0.000000479. The van der Waals surface area contributed by atoms with Gasteiger partial charge in [-0.05, 0) is 32.9 Å². The molecule has 3 amide bonds. The Labute approximate surface area is 190 Å². The van der Waals surface area contributed by atoms with Crippen LogP contribution in [0, 0.1) is 12.3 Å². The molecular weight excluding hydrogens is 445 g/mol. The largest absolute Gasteiger partial charge is 0.490 e. The Morgan fingerprint density at radius 1 is 1.21 bits per heavy atom. The number of nitrogens with one attached hydrogen (secondary N) is 1. The van der Waals surface area contributed by atoms with E-state index in [1.807, 2.05) is 44.9 Å². The summed E-state index contributed by atoms with van der Waals surface area (Å²) in [4.78, 5) is 39.7. The average Bonchev–Trinajstić information content (AvgIpc) is 3.13. The average molecular weight is 476 g/mol. The maximum atomic E-state index is 12.6. The van der Waals surface area contributed by atoms with Gasteiger partial charge in [-0.15, -0.1) is 0 Å². The minimum atomic E-state index is -5.08. The van der Waals surface area contributed by atoms with Crippen LogP contribution in [-0.2, 0) is 16.1 Å². The molecule has 1 unspecified atom stereocenters. The molecule has 1 spiro atoms. The number of nitrogens with zero attached hydrogens (tertiary/aromatic N) is 3. The third kappa shape index (κ3) is 7.65. The zero-order valence-corrected chi connectivity index (χ0v) is 19.2. The number of hydrogen-bond acceptors (Lipinski definition) is 5. The summed E-state index contributed by atoms with van der Waals surface area (Å²) in [6.07, 6.45) is -4.59. The molecule has 0 saturated carbocycles. The van der Waals surface area contributed by atoms with Crippen LogP contribution in [0.2, 0.25) is 0 Å². The summed E-state index contributed by atoms with van der Waals surface area (Å²) in [6.45, 7) is 10.1. The predicted octanol–water partition coefficient (Wildman–Crippen LogP) is 2.31. The van der Waals surface area contributed by atoms with E-state index in [4.69, 9.17) is 14.3 Å². The van der Waals surface area contributed by atoms with Crippen LogP contribution in [0.15, 0.2) is 16.5 Å². The van der Waals surface area contributed by atoms with Gasteiger partial charge in [0.15, 0.2) is 0 Å². The molecule has 0 bridgehead atoms. The van der Waals surface area contributed by atoms with Gasteiger partial charge in [0.25, 0.3) is 0 Å². The Morgan fingerprint density at radius 3 is 2.30 bits per heavy atom. The molecule has 12 heteroatoms. The molecule has 0 aromatic carbocycles. The normalized spacial score (nSPS) is 21.8. The molecule has 1 atom stereocenters. The highest BCUT2D eigenvalue weighted by Crippen LogP contribution is 2.35. The van der Waals surface area contributed by atoms with Gasteiger partial charge in [-0.25, -0.2) is 9.59 Å². The van der Waals surface area contributed by atoms with Crippen molar-refractivity contribution in [2.45, 2.75) is 46.0 Å². The number of carboxylic acids is 1. The van der Waals surface area contributed by atoms with Crippen LogP contribution in [0.1, 0.15) is 31.8 Å². The number of aliphatic carboxylic acids is 1. The molecule has 2 fully saturated rings. The molecule has 33 heavy (non-hydrogen) atoms. The number of furan rings is 1. The molecule has 0 aliphatic carbocycles. The maximum absolute atomic E-state index is 12.6. The predicted molar refractivity (Wildman–Crippen MR) is 112 cm³/mol. The highest BCUT2D eigenvalue weighted by atomic mass is 19.4. The number of rotatable bonds is 3. The van der Waals surface area contributed by atoms with Crippen LogP contribution in [0.4, 0.5) is 18.0 Å². The lowest BCUT2D eigenvalue weighted by molar-refractivity contribution is -0.192. The number of hydrogen-bond donors (Lipinski definition) is 2. The van der Waals surface area contributed by atoms with Crippen molar-refractivity contribution in [3.05, 3.63) is 23.7 Å². The van der Waals surface area contributed by atoms with Crippen molar-refractivity contribution in [1.29, 1.82) is 0 Å². The van der Waals surface area contributed by atoms with Gasteiger partial charge < -0.3 is 24.6 Å². The van der Waals surface area contributed by atoms with Gasteiger partial charge in [0, 0.05) is 57.6 Å². The number of likely N-dealkylation sites (tertiary alicyclic amines) is 1. The quantitative estimate of drug-likeness (QED) is 0.694. The Bertz CT molecular complexity index is 857. The lowest BCUT2D eigenvalue weighted by Gasteiger charge is -2.33. The third-order valence-corrected chi connectivity index (χ3v) is 5.41. The van der Waals surface area contributed by atoms with Crippen molar-refractivity contribution in [2.75, 3.05) is 39.8 Å². The van der Waals surface area contributed by atoms with E-state index in [0.29, 0.717) is 32.6 Å². The molecule has 186 valence electrons. The van der Waals surface area contributed by atoms with Gasteiger partial charge in [-0.3, -0.25) is 9.69 Å². The second-order valence-electron chi connectivity index (χ2n) is 8.98. The van der Waals surface area contributed by atoms with Crippen LogP contribution >= 0.6 is 0 Å². The van der Waals surface area contributed by atoms with Crippen molar-refractivity contribution < 1.29 is 37.1 Å². The second kappa shape index (κ2) is 10.4. The van der Waals surface area contributed by atoms with Gasteiger partial charge in [-0.2, -0.15) is 13.2 Å². The lowest BCUT2D eigenvalue weighted by Crippen LogP contribution is -2.48. The van der Waals surface area contributed by atoms with Crippen molar-refractivity contribution >= 4 is 17.9 Å². The molecule has 2 saturated heterocycles. The summed E-state index contributed by atoms with van der Waals surface area (Å²) in [7, 11) is 1.85. The minimum Gasteiger partial charge on any atom is -0.475 e. The summed E-state index contributed by atoms with van der Waals surface area (Å²) in [5.74, 6) is -0.772. The first-order chi connectivity index (χ1) is 15.2. The SMILES string of the molecule is Cc1ccc(CN2CCN(C(=O)NC(C)C)CC3(CC(=O)N(C)C3)C2)o1.O=C(O)C(F)(F)F. The first-order valence-electron chi connectivity index (χ1n) is 10.6. The van der Waals surface area contributed by atoms with Crippen molar-refractivity contribution in [2.24, 2.45) is 5.41 Å². The number of carbonyl (C=O) groups is 3. The summed E-state index contributed by atoms with van der Waals surface area (Å²) >= 11 is 0. The van der Waals surface area contributed by atoms with Crippen molar-refractivity contribution in [3.8, 4) is 0 Å². The Morgan fingerprint density at radius 2 is 1.85 bits per heavy atom. The summed E-state index contributed by atoms with van der Waals surface area (Å²) in [6, 6.07) is 4.02. The third-order valence-electron chi connectivity index (χ3n) is 5.41. The summed E-state index contributed by atoms with van der Waals surface area (Å²) in [5, 5.41) is 10.1. The number of amides is 3. The van der Waals surface area contributed by atoms with Gasteiger partial charge in [0.05, 0.1) is 6.54 Å². The highest BCUT2D eigenvalue weighted by molar-refractivity contribution is 5.80. The van der Waals surface area contributed by atoms with Crippen LogP contribution in [-0.4, -0.2) is 89.7 Å². The fraction of sp³-hybridized carbons (Fsp3) is 0.667. The molecular formula is C21H31F3N4O5. The van der Waals surface area contributed by atoms with E-state index in [0.717, 1.165) is 24.6 Å². The van der Waals surface area contributed by atoms with Crippen molar-refractivity contribution in [1.82, 2.24) is 20.0 Å². The molecule has 0 radical (unpaired) electrons. The molecule has 2 aliphatic heterocycles. The highest BCUT2D eigenvalue weighted by Gasteiger charge is 2.46. The first-order valence-corrected chi connectivity index (χ1v) is 10.6. The second-order valence-corrected chi connectivity index (χ2v) is 8.98. The topological polar surface area (TPSA) is 106 Å². The monoisotopic (exact) mass is 476 g/mol. The fourth-order valence-corrected chi connectivity index (χ4v) is 4.10. The van der Waals surface area contributed by atoms with Crippen molar-refractivity contribution in [3.63, 3.8) is 0 Å². The van der Waals surface area contributed by atoms with Crippen LogP contribution in [0.5, 0.6) is 0 Å². The lowest BCUT2D eigenvalue weighted by atomic mass is 9.86. The van der Waals surface area contributed by atoms with E-state index in [2.05, 4.69) is 10.2 Å². The Hall–Kier alpha value is -2.76.